The molecule has 0 spiro atoms. The van der Waals surface area contributed by atoms with Crippen molar-refractivity contribution in [3.8, 4) is 0 Å². The minimum atomic E-state index is -0.0402. The second-order valence-electron chi connectivity index (χ2n) is 5.83. The standard InChI is InChI=1S/C14H26N2O2/c1-12-14(2,7-10-18-12)15-11-13(17)16-8-5-3-4-6-9-16/h12,15H,3-11H2,1-2H3. The van der Waals surface area contributed by atoms with E-state index >= 15 is 0 Å². The molecule has 2 fully saturated rings. The molecular formula is C14H26N2O2. The Kier molecular flexibility index (Phi) is 4.62. The lowest BCUT2D eigenvalue weighted by Gasteiger charge is -2.30. The molecule has 2 rings (SSSR count). The Morgan fingerprint density at radius 2 is 2.00 bits per heavy atom. The minimum absolute atomic E-state index is 0.0402. The molecule has 1 amide bonds. The van der Waals surface area contributed by atoms with Gasteiger partial charge < -0.3 is 15.0 Å². The fourth-order valence-corrected chi connectivity index (χ4v) is 2.78. The summed E-state index contributed by atoms with van der Waals surface area (Å²) >= 11 is 0. The van der Waals surface area contributed by atoms with E-state index < -0.39 is 0 Å². The largest absolute Gasteiger partial charge is 0.377 e. The van der Waals surface area contributed by atoms with Crippen molar-refractivity contribution in [3.05, 3.63) is 0 Å². The number of nitrogens with zero attached hydrogens (tertiary/aromatic N) is 1. The highest BCUT2D eigenvalue weighted by atomic mass is 16.5. The van der Waals surface area contributed by atoms with Crippen molar-refractivity contribution >= 4 is 5.91 Å². The van der Waals surface area contributed by atoms with Gasteiger partial charge in [-0.2, -0.15) is 0 Å². The number of carbonyl (C=O) groups excluding carboxylic acids is 1. The van der Waals surface area contributed by atoms with Crippen molar-refractivity contribution in [1.29, 1.82) is 0 Å². The molecule has 4 heteroatoms. The SMILES string of the molecule is CC1OCCC1(C)NCC(=O)N1CCCCCC1. The van der Waals surface area contributed by atoms with E-state index in [1.165, 1.54) is 12.8 Å². The summed E-state index contributed by atoms with van der Waals surface area (Å²) in [5, 5.41) is 3.41. The molecule has 0 radical (unpaired) electrons. The molecule has 1 N–H and O–H groups in total. The van der Waals surface area contributed by atoms with Crippen molar-refractivity contribution < 1.29 is 9.53 Å². The van der Waals surface area contributed by atoms with Gasteiger partial charge in [-0.3, -0.25) is 4.79 Å². The predicted molar refractivity (Wildman–Crippen MR) is 71.5 cm³/mol. The zero-order chi connectivity index (χ0) is 13.0. The summed E-state index contributed by atoms with van der Waals surface area (Å²) in [5.74, 6) is 0.247. The van der Waals surface area contributed by atoms with Crippen molar-refractivity contribution in [1.82, 2.24) is 10.2 Å². The third kappa shape index (κ3) is 3.23. The van der Waals surface area contributed by atoms with E-state index in [1.54, 1.807) is 0 Å². The lowest BCUT2D eigenvalue weighted by atomic mass is 9.95. The maximum Gasteiger partial charge on any atom is 0.236 e. The van der Waals surface area contributed by atoms with Crippen LogP contribution in [-0.4, -0.2) is 48.7 Å². The number of amides is 1. The van der Waals surface area contributed by atoms with Gasteiger partial charge in [-0.1, -0.05) is 12.8 Å². The van der Waals surface area contributed by atoms with Crippen LogP contribution >= 0.6 is 0 Å². The van der Waals surface area contributed by atoms with Crippen LogP contribution in [-0.2, 0) is 9.53 Å². The van der Waals surface area contributed by atoms with Crippen LogP contribution in [0.4, 0.5) is 0 Å². The van der Waals surface area contributed by atoms with Gasteiger partial charge in [-0.05, 0) is 33.1 Å². The molecule has 0 aromatic heterocycles. The van der Waals surface area contributed by atoms with Crippen LogP contribution in [0.15, 0.2) is 0 Å². The molecule has 2 aliphatic rings. The van der Waals surface area contributed by atoms with E-state index in [1.807, 2.05) is 4.90 Å². The third-order valence-electron chi connectivity index (χ3n) is 4.49. The van der Waals surface area contributed by atoms with Gasteiger partial charge >= 0.3 is 0 Å². The Morgan fingerprint density at radius 3 is 2.56 bits per heavy atom. The maximum atomic E-state index is 12.2. The fraction of sp³-hybridized carbons (Fsp3) is 0.929. The summed E-state index contributed by atoms with van der Waals surface area (Å²) < 4.78 is 5.58. The monoisotopic (exact) mass is 254 g/mol. The van der Waals surface area contributed by atoms with E-state index in [-0.39, 0.29) is 17.6 Å². The van der Waals surface area contributed by atoms with E-state index in [2.05, 4.69) is 19.2 Å². The molecule has 0 saturated carbocycles. The molecule has 4 nitrogen and oxygen atoms in total. The average Bonchev–Trinajstić information content (AvgIpc) is 2.61. The Bertz CT molecular complexity index is 288. The van der Waals surface area contributed by atoms with Gasteiger partial charge in [-0.15, -0.1) is 0 Å². The van der Waals surface area contributed by atoms with Crippen LogP contribution in [0.2, 0.25) is 0 Å². The zero-order valence-corrected chi connectivity index (χ0v) is 11.7. The zero-order valence-electron chi connectivity index (χ0n) is 11.7. The summed E-state index contributed by atoms with van der Waals surface area (Å²) in [6.07, 6.45) is 6.01. The fourth-order valence-electron chi connectivity index (χ4n) is 2.78. The molecule has 2 aliphatic heterocycles. The number of hydrogen-bond acceptors (Lipinski definition) is 3. The highest BCUT2D eigenvalue weighted by molar-refractivity contribution is 5.78. The highest BCUT2D eigenvalue weighted by Gasteiger charge is 2.37. The molecule has 18 heavy (non-hydrogen) atoms. The van der Waals surface area contributed by atoms with Crippen LogP contribution in [0.25, 0.3) is 0 Å². The summed E-state index contributed by atoms with van der Waals surface area (Å²) in [5.41, 5.74) is -0.0402. The lowest BCUT2D eigenvalue weighted by Crippen LogP contribution is -2.52. The van der Waals surface area contributed by atoms with Gasteiger partial charge in [0.15, 0.2) is 0 Å². The normalized spacial score (nSPS) is 33.4. The van der Waals surface area contributed by atoms with Crippen LogP contribution in [0.3, 0.4) is 0 Å². The Hall–Kier alpha value is -0.610. The molecular weight excluding hydrogens is 228 g/mol. The van der Waals surface area contributed by atoms with Gasteiger partial charge in [0, 0.05) is 25.2 Å². The van der Waals surface area contributed by atoms with Crippen LogP contribution in [0, 0.1) is 0 Å². The molecule has 2 unspecified atom stereocenters. The molecule has 2 saturated heterocycles. The number of ether oxygens (including phenoxy) is 1. The van der Waals surface area contributed by atoms with Crippen molar-refractivity contribution in [2.24, 2.45) is 0 Å². The second kappa shape index (κ2) is 6.02. The molecule has 2 atom stereocenters. The molecule has 0 bridgehead atoms. The van der Waals surface area contributed by atoms with E-state index in [4.69, 9.17) is 4.74 Å². The molecule has 0 aromatic rings. The smallest absolute Gasteiger partial charge is 0.236 e. The number of hydrogen-bond donors (Lipinski definition) is 1. The average molecular weight is 254 g/mol. The van der Waals surface area contributed by atoms with Gasteiger partial charge in [-0.25, -0.2) is 0 Å². The van der Waals surface area contributed by atoms with Crippen LogP contribution < -0.4 is 5.32 Å². The Balaban J connectivity index is 1.80. The summed E-state index contributed by atoms with van der Waals surface area (Å²) in [6, 6.07) is 0. The summed E-state index contributed by atoms with van der Waals surface area (Å²) in [6.45, 7) is 7.34. The van der Waals surface area contributed by atoms with Crippen molar-refractivity contribution in [3.63, 3.8) is 0 Å². The number of likely N-dealkylation sites (tertiary alicyclic amines) is 1. The van der Waals surface area contributed by atoms with Crippen molar-refractivity contribution in [2.75, 3.05) is 26.2 Å². The first kappa shape index (κ1) is 13.8. The topological polar surface area (TPSA) is 41.6 Å². The first-order valence-corrected chi connectivity index (χ1v) is 7.26. The van der Waals surface area contributed by atoms with Gasteiger partial charge in [0.2, 0.25) is 5.91 Å². The second-order valence-corrected chi connectivity index (χ2v) is 5.83. The number of nitrogens with one attached hydrogen (secondary N) is 1. The van der Waals surface area contributed by atoms with E-state index in [9.17, 15) is 4.79 Å². The van der Waals surface area contributed by atoms with E-state index in [0.717, 1.165) is 39.0 Å². The first-order valence-electron chi connectivity index (χ1n) is 7.26. The molecule has 0 aromatic carbocycles. The van der Waals surface area contributed by atoms with Gasteiger partial charge in [0.1, 0.15) is 0 Å². The summed E-state index contributed by atoms with van der Waals surface area (Å²) in [4.78, 5) is 14.2. The van der Waals surface area contributed by atoms with Crippen molar-refractivity contribution in [2.45, 2.75) is 57.6 Å². The number of rotatable bonds is 3. The maximum absolute atomic E-state index is 12.2. The van der Waals surface area contributed by atoms with Crippen LogP contribution in [0.5, 0.6) is 0 Å². The van der Waals surface area contributed by atoms with Gasteiger partial charge in [0.25, 0.3) is 0 Å². The quantitative estimate of drug-likeness (QED) is 0.831. The molecule has 0 aliphatic carbocycles. The first-order chi connectivity index (χ1) is 8.62. The minimum Gasteiger partial charge on any atom is -0.377 e. The Labute approximate surface area is 110 Å². The van der Waals surface area contributed by atoms with E-state index in [0.29, 0.717) is 6.54 Å². The number of carbonyl (C=O) groups is 1. The molecule has 2 heterocycles. The third-order valence-corrected chi connectivity index (χ3v) is 4.49. The predicted octanol–water partition coefficient (Wildman–Crippen LogP) is 1.55. The highest BCUT2D eigenvalue weighted by Crippen LogP contribution is 2.24. The van der Waals surface area contributed by atoms with Crippen LogP contribution in [0.1, 0.15) is 46.0 Å². The summed E-state index contributed by atoms with van der Waals surface area (Å²) in [7, 11) is 0. The lowest BCUT2D eigenvalue weighted by molar-refractivity contribution is -0.130. The molecule has 104 valence electrons. The van der Waals surface area contributed by atoms with Gasteiger partial charge in [0.05, 0.1) is 12.6 Å². The Morgan fingerprint density at radius 1 is 1.33 bits per heavy atom.